The molecular weight excluding hydrogens is 371 g/mol. The van der Waals surface area contributed by atoms with Crippen molar-refractivity contribution in [2.75, 3.05) is 25.5 Å². The van der Waals surface area contributed by atoms with E-state index in [1.807, 2.05) is 19.1 Å². The van der Waals surface area contributed by atoms with Crippen molar-refractivity contribution in [2.45, 2.75) is 19.8 Å². The first-order valence-electron chi connectivity index (χ1n) is 8.70. The van der Waals surface area contributed by atoms with Crippen LogP contribution in [0.5, 0.6) is 17.2 Å². The molecule has 1 saturated heterocycles. The Balaban J connectivity index is 0.00000261. The summed E-state index contributed by atoms with van der Waals surface area (Å²) in [4.78, 5) is 12.3. The van der Waals surface area contributed by atoms with Gasteiger partial charge in [0.25, 0.3) is 0 Å². The maximum atomic E-state index is 14.4. The molecule has 146 valence electrons. The van der Waals surface area contributed by atoms with Crippen LogP contribution >= 0.6 is 12.4 Å². The molecule has 1 heterocycles. The zero-order chi connectivity index (χ0) is 18.5. The Kier molecular flexibility index (Phi) is 7.45. The van der Waals surface area contributed by atoms with Gasteiger partial charge in [-0.15, -0.1) is 12.4 Å². The lowest BCUT2D eigenvalue weighted by molar-refractivity contribution is -0.120. The number of benzene rings is 2. The number of ether oxygens (including phenoxy) is 2. The number of amides is 1. The highest BCUT2D eigenvalue weighted by atomic mass is 35.5. The third-order valence-electron chi connectivity index (χ3n) is 4.45. The average Bonchev–Trinajstić information content (AvgIpc) is 2.65. The number of carbonyl (C=O) groups is 1. The van der Waals surface area contributed by atoms with E-state index in [-0.39, 0.29) is 30.0 Å². The zero-order valence-corrected chi connectivity index (χ0v) is 16.2. The van der Waals surface area contributed by atoms with Gasteiger partial charge in [-0.05, 0) is 62.7 Å². The minimum atomic E-state index is -0.546. The normalized spacial score (nSPS) is 14.2. The van der Waals surface area contributed by atoms with Gasteiger partial charge >= 0.3 is 0 Å². The number of rotatable bonds is 5. The van der Waals surface area contributed by atoms with Gasteiger partial charge in [-0.3, -0.25) is 4.79 Å². The first kappa shape index (κ1) is 21.0. The predicted molar refractivity (Wildman–Crippen MR) is 106 cm³/mol. The Morgan fingerprint density at radius 2 is 1.81 bits per heavy atom. The third-order valence-corrected chi connectivity index (χ3v) is 4.45. The van der Waals surface area contributed by atoms with E-state index < -0.39 is 5.82 Å². The highest BCUT2D eigenvalue weighted by Gasteiger charge is 2.21. The van der Waals surface area contributed by atoms with E-state index in [0.717, 1.165) is 31.5 Å². The summed E-state index contributed by atoms with van der Waals surface area (Å²) in [7, 11) is 1.54. The number of halogens is 2. The Morgan fingerprint density at radius 1 is 1.11 bits per heavy atom. The lowest BCUT2D eigenvalue weighted by atomic mass is 9.97. The molecule has 0 bridgehead atoms. The molecule has 0 atom stereocenters. The van der Waals surface area contributed by atoms with Crippen molar-refractivity contribution in [3.63, 3.8) is 0 Å². The molecule has 1 aliphatic rings. The van der Waals surface area contributed by atoms with E-state index in [9.17, 15) is 9.18 Å². The van der Waals surface area contributed by atoms with Crippen LogP contribution in [0.2, 0.25) is 0 Å². The highest BCUT2D eigenvalue weighted by Crippen LogP contribution is 2.34. The second-order valence-corrected chi connectivity index (χ2v) is 6.42. The van der Waals surface area contributed by atoms with Gasteiger partial charge in [0.1, 0.15) is 0 Å². The van der Waals surface area contributed by atoms with E-state index in [1.54, 1.807) is 12.1 Å². The van der Waals surface area contributed by atoms with Crippen LogP contribution in [0.15, 0.2) is 36.4 Å². The minimum Gasteiger partial charge on any atom is -0.493 e. The number of aryl methyl sites for hydroxylation is 1. The van der Waals surface area contributed by atoms with E-state index in [0.29, 0.717) is 17.2 Å². The number of hydrogen-bond donors (Lipinski definition) is 2. The zero-order valence-electron chi connectivity index (χ0n) is 15.4. The van der Waals surface area contributed by atoms with Crippen LogP contribution in [0, 0.1) is 18.7 Å². The highest BCUT2D eigenvalue weighted by molar-refractivity contribution is 5.92. The smallest absolute Gasteiger partial charge is 0.227 e. The summed E-state index contributed by atoms with van der Waals surface area (Å²) in [6, 6.07) is 9.84. The standard InChI is InChI=1S/C20H23FN2O3.ClH/c1-13-3-5-18(19(11-13)25-2)26-17-6-4-15(12-16(17)21)23-20(24)14-7-9-22-10-8-14;/h3-6,11-12,14,22H,7-10H2,1-2H3,(H,23,24);1H. The van der Waals surface area contributed by atoms with Crippen molar-refractivity contribution < 1.29 is 18.7 Å². The molecule has 7 heteroatoms. The molecule has 0 aromatic heterocycles. The summed E-state index contributed by atoms with van der Waals surface area (Å²) < 4.78 is 25.3. The molecule has 2 aromatic rings. The Labute approximate surface area is 164 Å². The van der Waals surface area contributed by atoms with E-state index in [4.69, 9.17) is 9.47 Å². The molecule has 1 amide bonds. The van der Waals surface area contributed by atoms with E-state index in [1.165, 1.54) is 19.2 Å². The van der Waals surface area contributed by atoms with Crippen molar-refractivity contribution in [2.24, 2.45) is 5.92 Å². The van der Waals surface area contributed by atoms with Gasteiger partial charge in [-0.2, -0.15) is 0 Å². The molecule has 27 heavy (non-hydrogen) atoms. The second kappa shape index (κ2) is 9.58. The molecule has 0 spiro atoms. The van der Waals surface area contributed by atoms with Gasteiger partial charge in [0, 0.05) is 17.7 Å². The lowest BCUT2D eigenvalue weighted by Gasteiger charge is -2.21. The number of hydrogen-bond acceptors (Lipinski definition) is 4. The van der Waals surface area contributed by atoms with Crippen molar-refractivity contribution >= 4 is 24.0 Å². The molecule has 0 aliphatic carbocycles. The Hall–Kier alpha value is -2.31. The van der Waals surface area contributed by atoms with Crippen LogP contribution in [-0.4, -0.2) is 26.1 Å². The molecule has 1 fully saturated rings. The van der Waals surface area contributed by atoms with Crippen LogP contribution in [-0.2, 0) is 4.79 Å². The maximum absolute atomic E-state index is 14.4. The summed E-state index contributed by atoms with van der Waals surface area (Å²) in [5, 5.41) is 6.01. The molecular formula is C20H24ClFN2O3. The predicted octanol–water partition coefficient (Wildman–Crippen LogP) is 4.29. The summed E-state index contributed by atoms with van der Waals surface area (Å²) in [6.07, 6.45) is 1.59. The minimum absolute atomic E-state index is 0. The van der Waals surface area contributed by atoms with Crippen LogP contribution in [0.4, 0.5) is 10.1 Å². The van der Waals surface area contributed by atoms with Gasteiger partial charge in [0.05, 0.1) is 7.11 Å². The molecule has 0 saturated carbocycles. The van der Waals surface area contributed by atoms with Crippen LogP contribution in [0.1, 0.15) is 18.4 Å². The van der Waals surface area contributed by atoms with Crippen molar-refractivity contribution in [1.29, 1.82) is 0 Å². The Bertz CT molecular complexity index is 795. The lowest BCUT2D eigenvalue weighted by Crippen LogP contribution is -2.34. The monoisotopic (exact) mass is 394 g/mol. The quantitative estimate of drug-likeness (QED) is 0.794. The second-order valence-electron chi connectivity index (χ2n) is 6.42. The first-order valence-corrected chi connectivity index (χ1v) is 8.70. The first-order chi connectivity index (χ1) is 12.6. The molecule has 1 aliphatic heterocycles. The SMILES string of the molecule is COc1cc(C)ccc1Oc1ccc(NC(=O)C2CCNCC2)cc1F.Cl. The maximum Gasteiger partial charge on any atom is 0.227 e. The third kappa shape index (κ3) is 5.34. The van der Waals surface area contributed by atoms with Gasteiger partial charge < -0.3 is 20.1 Å². The number of nitrogens with one attached hydrogen (secondary N) is 2. The summed E-state index contributed by atoms with van der Waals surface area (Å²) >= 11 is 0. The van der Waals surface area contributed by atoms with Gasteiger partial charge in [-0.1, -0.05) is 6.07 Å². The van der Waals surface area contributed by atoms with Gasteiger partial charge in [-0.25, -0.2) is 4.39 Å². The molecule has 0 unspecified atom stereocenters. The fourth-order valence-electron chi connectivity index (χ4n) is 2.97. The van der Waals surface area contributed by atoms with Crippen molar-refractivity contribution in [1.82, 2.24) is 5.32 Å². The van der Waals surface area contributed by atoms with E-state index in [2.05, 4.69) is 10.6 Å². The fraction of sp³-hybridized carbons (Fsp3) is 0.350. The fourth-order valence-corrected chi connectivity index (χ4v) is 2.97. The summed E-state index contributed by atoms with van der Waals surface area (Å²) in [5.41, 5.74) is 1.44. The topological polar surface area (TPSA) is 59.6 Å². The van der Waals surface area contributed by atoms with Crippen molar-refractivity contribution in [3.8, 4) is 17.2 Å². The molecule has 3 rings (SSSR count). The Morgan fingerprint density at radius 3 is 2.48 bits per heavy atom. The number of anilines is 1. The average molecular weight is 395 g/mol. The van der Waals surface area contributed by atoms with Crippen LogP contribution < -0.4 is 20.1 Å². The molecule has 0 radical (unpaired) electrons. The van der Waals surface area contributed by atoms with Crippen LogP contribution in [0.3, 0.4) is 0 Å². The number of piperidine rings is 1. The van der Waals surface area contributed by atoms with Gasteiger partial charge in [0.2, 0.25) is 5.91 Å². The number of methoxy groups -OCH3 is 1. The summed E-state index contributed by atoms with van der Waals surface area (Å²) in [5.74, 6) is 0.394. The van der Waals surface area contributed by atoms with Crippen molar-refractivity contribution in [3.05, 3.63) is 47.8 Å². The number of carbonyl (C=O) groups excluding carboxylic acids is 1. The van der Waals surface area contributed by atoms with Crippen LogP contribution in [0.25, 0.3) is 0 Å². The van der Waals surface area contributed by atoms with E-state index >= 15 is 0 Å². The molecule has 2 aromatic carbocycles. The summed E-state index contributed by atoms with van der Waals surface area (Å²) in [6.45, 7) is 3.60. The molecule has 5 nitrogen and oxygen atoms in total. The molecule has 2 N–H and O–H groups in total. The van der Waals surface area contributed by atoms with Gasteiger partial charge in [0.15, 0.2) is 23.1 Å². The largest absolute Gasteiger partial charge is 0.493 e.